The van der Waals surface area contributed by atoms with Gasteiger partial charge in [0.05, 0.1) is 6.54 Å². The molecule has 0 heterocycles. The number of rotatable bonds is 6. The molecule has 0 unspecified atom stereocenters. The number of halogens is 2. The summed E-state index contributed by atoms with van der Waals surface area (Å²) in [5.41, 5.74) is 5.18. The summed E-state index contributed by atoms with van der Waals surface area (Å²) in [6, 6.07) is 2.21. The van der Waals surface area contributed by atoms with Gasteiger partial charge in [-0.3, -0.25) is 5.41 Å². The first-order valence-electron chi connectivity index (χ1n) is 5.57. The number of nitrogens with two attached hydrogens (primary N) is 1. The van der Waals surface area contributed by atoms with Crippen molar-refractivity contribution in [2.24, 2.45) is 5.73 Å². The van der Waals surface area contributed by atoms with Crippen molar-refractivity contribution < 1.29 is 17.2 Å². The molecule has 0 bridgehead atoms. The highest BCUT2D eigenvalue weighted by molar-refractivity contribution is 7.89. The van der Waals surface area contributed by atoms with Gasteiger partial charge in [0.25, 0.3) is 0 Å². The summed E-state index contributed by atoms with van der Waals surface area (Å²) in [6.07, 6.45) is 0.462. The third-order valence-corrected chi connectivity index (χ3v) is 4.19. The van der Waals surface area contributed by atoms with Gasteiger partial charge in [-0.2, -0.15) is 4.31 Å². The Bertz CT molecular complexity index is 575. The third-order valence-electron chi connectivity index (χ3n) is 2.33. The predicted octanol–water partition coefficient (Wildman–Crippen LogP) is 1.30. The van der Waals surface area contributed by atoms with Crippen molar-refractivity contribution in [2.75, 3.05) is 13.1 Å². The second kappa shape index (κ2) is 6.07. The fourth-order valence-electron chi connectivity index (χ4n) is 1.54. The van der Waals surface area contributed by atoms with E-state index in [4.69, 9.17) is 11.1 Å². The maximum absolute atomic E-state index is 13.5. The predicted molar refractivity (Wildman–Crippen MR) is 67.3 cm³/mol. The molecule has 19 heavy (non-hydrogen) atoms. The van der Waals surface area contributed by atoms with Gasteiger partial charge in [-0.05, 0) is 24.6 Å². The van der Waals surface area contributed by atoms with E-state index in [1.165, 1.54) is 0 Å². The molecule has 0 radical (unpaired) electrons. The lowest BCUT2D eigenvalue weighted by atomic mass is 10.3. The van der Waals surface area contributed by atoms with Crippen LogP contribution in [0.4, 0.5) is 8.78 Å². The van der Waals surface area contributed by atoms with Crippen molar-refractivity contribution in [3.63, 3.8) is 0 Å². The largest absolute Gasteiger partial charge is 0.387 e. The standard InChI is InChI=1S/C11H15F2N3O2S/c1-2-5-16(7-11(14)15)19(17,18)10-6-8(12)3-4-9(10)13/h3-4,6H,2,5,7H2,1H3,(H3,14,15). The van der Waals surface area contributed by atoms with Gasteiger partial charge in [0, 0.05) is 6.54 Å². The number of nitrogens with one attached hydrogen (secondary N) is 1. The Hall–Kier alpha value is -1.54. The van der Waals surface area contributed by atoms with Crippen LogP contribution in [-0.4, -0.2) is 31.6 Å². The molecular formula is C11H15F2N3O2S. The smallest absolute Gasteiger partial charge is 0.246 e. The zero-order valence-corrected chi connectivity index (χ0v) is 11.2. The Kier molecular flexibility index (Phi) is 4.96. The SMILES string of the molecule is CCCN(CC(=N)N)S(=O)(=O)c1cc(F)ccc1F. The van der Waals surface area contributed by atoms with E-state index < -0.39 is 26.6 Å². The van der Waals surface area contributed by atoms with Crippen LogP contribution < -0.4 is 5.73 Å². The van der Waals surface area contributed by atoms with E-state index in [1.807, 2.05) is 0 Å². The lowest BCUT2D eigenvalue weighted by molar-refractivity contribution is 0.441. The highest BCUT2D eigenvalue weighted by atomic mass is 32.2. The topological polar surface area (TPSA) is 87.2 Å². The molecule has 1 aromatic rings. The average Bonchev–Trinajstić information content (AvgIpc) is 2.31. The van der Waals surface area contributed by atoms with Crippen LogP contribution in [0.2, 0.25) is 0 Å². The van der Waals surface area contributed by atoms with E-state index in [9.17, 15) is 17.2 Å². The number of hydrogen-bond donors (Lipinski definition) is 2. The minimum atomic E-state index is -4.21. The summed E-state index contributed by atoms with van der Waals surface area (Å²) in [7, 11) is -4.21. The van der Waals surface area contributed by atoms with Gasteiger partial charge in [-0.25, -0.2) is 17.2 Å². The molecule has 0 aromatic heterocycles. The number of nitrogens with zero attached hydrogens (tertiary/aromatic N) is 1. The van der Waals surface area contributed by atoms with Crippen LogP contribution in [0.15, 0.2) is 23.1 Å². The van der Waals surface area contributed by atoms with E-state index in [0.29, 0.717) is 12.5 Å². The number of amidine groups is 1. The van der Waals surface area contributed by atoms with Crippen LogP contribution in [-0.2, 0) is 10.0 Å². The van der Waals surface area contributed by atoms with Crippen LogP contribution >= 0.6 is 0 Å². The summed E-state index contributed by atoms with van der Waals surface area (Å²) >= 11 is 0. The van der Waals surface area contributed by atoms with Crippen molar-refractivity contribution in [2.45, 2.75) is 18.2 Å². The number of sulfonamides is 1. The van der Waals surface area contributed by atoms with Crippen molar-refractivity contribution in [3.8, 4) is 0 Å². The Morgan fingerprint density at radius 2 is 2.05 bits per heavy atom. The van der Waals surface area contributed by atoms with Crippen molar-refractivity contribution in [1.29, 1.82) is 5.41 Å². The number of benzene rings is 1. The first-order chi connectivity index (χ1) is 8.78. The molecule has 1 aromatic carbocycles. The average molecular weight is 291 g/mol. The van der Waals surface area contributed by atoms with Gasteiger partial charge in [-0.1, -0.05) is 6.92 Å². The molecule has 1 rings (SSSR count). The van der Waals surface area contributed by atoms with Gasteiger partial charge >= 0.3 is 0 Å². The Morgan fingerprint density at radius 1 is 1.42 bits per heavy atom. The fraction of sp³-hybridized carbons (Fsp3) is 0.364. The lowest BCUT2D eigenvalue weighted by Crippen LogP contribution is -2.39. The fourth-order valence-corrected chi connectivity index (χ4v) is 3.12. The molecule has 0 saturated heterocycles. The van der Waals surface area contributed by atoms with Gasteiger partial charge in [0.2, 0.25) is 10.0 Å². The van der Waals surface area contributed by atoms with Crippen LogP contribution in [0.5, 0.6) is 0 Å². The van der Waals surface area contributed by atoms with Crippen LogP contribution in [0.3, 0.4) is 0 Å². The molecule has 0 fully saturated rings. The third kappa shape index (κ3) is 3.71. The molecule has 0 atom stereocenters. The minimum absolute atomic E-state index is 0.0673. The van der Waals surface area contributed by atoms with Gasteiger partial charge in [0.15, 0.2) is 0 Å². The van der Waals surface area contributed by atoms with Gasteiger partial charge in [-0.15, -0.1) is 0 Å². The normalized spacial score (nSPS) is 11.8. The van der Waals surface area contributed by atoms with E-state index in [1.54, 1.807) is 6.92 Å². The maximum atomic E-state index is 13.5. The van der Waals surface area contributed by atoms with Crippen LogP contribution in [0.25, 0.3) is 0 Å². The quantitative estimate of drug-likeness (QED) is 0.612. The summed E-state index contributed by atoms with van der Waals surface area (Å²) in [4.78, 5) is -0.748. The first-order valence-corrected chi connectivity index (χ1v) is 7.01. The van der Waals surface area contributed by atoms with Crippen LogP contribution in [0.1, 0.15) is 13.3 Å². The van der Waals surface area contributed by atoms with E-state index in [2.05, 4.69) is 0 Å². The molecule has 0 aliphatic rings. The zero-order chi connectivity index (χ0) is 14.6. The van der Waals surface area contributed by atoms with Gasteiger partial charge in [0.1, 0.15) is 22.4 Å². The van der Waals surface area contributed by atoms with Gasteiger partial charge < -0.3 is 5.73 Å². The Balaban J connectivity index is 3.25. The molecule has 0 saturated carbocycles. The molecule has 8 heteroatoms. The maximum Gasteiger partial charge on any atom is 0.246 e. The first kappa shape index (κ1) is 15.5. The zero-order valence-electron chi connectivity index (χ0n) is 10.4. The van der Waals surface area contributed by atoms with Crippen molar-refractivity contribution >= 4 is 15.9 Å². The molecule has 0 aliphatic heterocycles. The summed E-state index contributed by atoms with van der Waals surface area (Å²) in [5, 5.41) is 7.15. The summed E-state index contributed by atoms with van der Waals surface area (Å²) < 4.78 is 51.9. The van der Waals surface area contributed by atoms with E-state index >= 15 is 0 Å². The number of hydrogen-bond acceptors (Lipinski definition) is 3. The Labute approximate surface area is 110 Å². The molecule has 3 N–H and O–H groups in total. The van der Waals surface area contributed by atoms with Crippen LogP contribution in [0, 0.1) is 17.0 Å². The molecule has 106 valence electrons. The summed E-state index contributed by atoms with van der Waals surface area (Å²) in [5.74, 6) is -2.25. The second-order valence-corrected chi connectivity index (χ2v) is 5.84. The molecular weight excluding hydrogens is 276 g/mol. The second-order valence-electron chi connectivity index (χ2n) is 3.94. The summed E-state index contributed by atoms with van der Waals surface area (Å²) in [6.45, 7) is 1.44. The lowest BCUT2D eigenvalue weighted by Gasteiger charge is -2.21. The monoisotopic (exact) mass is 291 g/mol. The molecule has 5 nitrogen and oxygen atoms in total. The van der Waals surface area contributed by atoms with Crippen molar-refractivity contribution in [3.05, 3.63) is 29.8 Å². The highest BCUT2D eigenvalue weighted by Gasteiger charge is 2.27. The molecule has 0 spiro atoms. The molecule has 0 amide bonds. The molecule has 0 aliphatic carbocycles. The highest BCUT2D eigenvalue weighted by Crippen LogP contribution is 2.20. The Morgan fingerprint density at radius 3 is 2.58 bits per heavy atom. The van der Waals surface area contributed by atoms with E-state index in [0.717, 1.165) is 16.4 Å². The van der Waals surface area contributed by atoms with E-state index in [-0.39, 0.29) is 18.9 Å². The van der Waals surface area contributed by atoms with Crippen molar-refractivity contribution in [1.82, 2.24) is 4.31 Å². The minimum Gasteiger partial charge on any atom is -0.387 e.